The lowest BCUT2D eigenvalue weighted by molar-refractivity contribution is -0.141. The SMILES string of the molecule is CC(c1ccc(C(F)(F)F)nc1)n1nc2n(c1=O)C(C(=O)N1CC(F)C(F)C1)CCC2. The largest absolute Gasteiger partial charge is 0.433 e. The van der Waals surface area contributed by atoms with Crippen LogP contribution in [-0.2, 0) is 17.4 Å². The molecule has 4 atom stereocenters. The summed E-state index contributed by atoms with van der Waals surface area (Å²) in [6, 6.07) is 0.405. The smallest absolute Gasteiger partial charge is 0.335 e. The van der Waals surface area contributed by atoms with Gasteiger partial charge < -0.3 is 4.90 Å². The van der Waals surface area contributed by atoms with Crippen molar-refractivity contribution in [2.75, 3.05) is 13.1 Å². The Hall–Kier alpha value is -2.79. The quantitative estimate of drug-likeness (QED) is 0.681. The molecule has 31 heavy (non-hydrogen) atoms. The number of nitrogens with zero attached hydrogens (tertiary/aromatic N) is 5. The van der Waals surface area contributed by atoms with Gasteiger partial charge in [0.05, 0.1) is 19.1 Å². The molecule has 0 aromatic carbocycles. The van der Waals surface area contributed by atoms with Crippen molar-refractivity contribution in [2.45, 2.75) is 56.8 Å². The molecule has 0 saturated carbocycles. The second-order valence-electron chi connectivity index (χ2n) is 7.85. The van der Waals surface area contributed by atoms with Crippen molar-refractivity contribution in [1.82, 2.24) is 24.2 Å². The molecule has 2 aromatic rings. The maximum atomic E-state index is 13.5. The van der Waals surface area contributed by atoms with Crippen molar-refractivity contribution in [3.63, 3.8) is 0 Å². The molecule has 2 aromatic heterocycles. The van der Waals surface area contributed by atoms with Gasteiger partial charge in [-0.05, 0) is 31.4 Å². The summed E-state index contributed by atoms with van der Waals surface area (Å²) in [6.45, 7) is 0.869. The molecule has 1 fully saturated rings. The van der Waals surface area contributed by atoms with Crippen molar-refractivity contribution in [1.29, 1.82) is 0 Å². The van der Waals surface area contributed by atoms with Crippen LogP contribution >= 0.6 is 0 Å². The third-order valence-corrected chi connectivity index (χ3v) is 5.80. The molecule has 0 spiro atoms. The van der Waals surface area contributed by atoms with Gasteiger partial charge in [-0.25, -0.2) is 18.3 Å². The molecule has 7 nitrogen and oxygen atoms in total. The predicted molar refractivity (Wildman–Crippen MR) is 97.9 cm³/mol. The molecule has 1 saturated heterocycles. The zero-order valence-corrected chi connectivity index (χ0v) is 16.5. The van der Waals surface area contributed by atoms with Gasteiger partial charge >= 0.3 is 11.9 Å². The first-order valence-electron chi connectivity index (χ1n) is 9.88. The number of carbonyl (C=O) groups is 1. The fraction of sp³-hybridized carbons (Fsp3) is 0.579. The van der Waals surface area contributed by atoms with E-state index in [1.165, 1.54) is 10.6 Å². The van der Waals surface area contributed by atoms with E-state index in [-0.39, 0.29) is 13.1 Å². The first-order valence-corrected chi connectivity index (χ1v) is 9.88. The molecule has 0 aliphatic carbocycles. The van der Waals surface area contributed by atoms with Gasteiger partial charge in [0.2, 0.25) is 5.91 Å². The zero-order chi connectivity index (χ0) is 22.5. The van der Waals surface area contributed by atoms with Crippen LogP contribution in [0.5, 0.6) is 0 Å². The average molecular weight is 445 g/mol. The molecule has 1 amide bonds. The number of hydrogen-bond acceptors (Lipinski definition) is 4. The number of fused-ring (bicyclic) bond motifs is 1. The number of aryl methyl sites for hydroxylation is 1. The van der Waals surface area contributed by atoms with Crippen LogP contribution in [0.15, 0.2) is 23.1 Å². The molecule has 4 unspecified atom stereocenters. The third kappa shape index (κ3) is 3.83. The molecule has 4 rings (SSSR count). The topological polar surface area (TPSA) is 73.0 Å². The highest BCUT2D eigenvalue weighted by molar-refractivity contribution is 5.81. The summed E-state index contributed by atoms with van der Waals surface area (Å²) < 4.78 is 67.6. The van der Waals surface area contributed by atoms with Crippen molar-refractivity contribution >= 4 is 5.91 Å². The van der Waals surface area contributed by atoms with E-state index in [0.717, 1.165) is 21.8 Å². The van der Waals surface area contributed by atoms with Crippen LogP contribution < -0.4 is 5.69 Å². The van der Waals surface area contributed by atoms with Gasteiger partial charge in [-0.1, -0.05) is 6.07 Å². The summed E-state index contributed by atoms with van der Waals surface area (Å²) in [5.74, 6) is -0.177. The summed E-state index contributed by atoms with van der Waals surface area (Å²) in [5, 5.41) is 4.29. The molecule has 2 aliphatic heterocycles. The van der Waals surface area contributed by atoms with E-state index in [9.17, 15) is 31.5 Å². The number of likely N-dealkylation sites (tertiary alicyclic amines) is 1. The normalized spacial score (nSPS) is 24.8. The van der Waals surface area contributed by atoms with Gasteiger partial charge in [-0.2, -0.15) is 18.3 Å². The molecule has 2 aliphatic rings. The van der Waals surface area contributed by atoms with E-state index in [2.05, 4.69) is 10.1 Å². The van der Waals surface area contributed by atoms with E-state index in [4.69, 9.17) is 0 Å². The maximum absolute atomic E-state index is 13.5. The first-order chi connectivity index (χ1) is 14.6. The van der Waals surface area contributed by atoms with Gasteiger partial charge in [-0.3, -0.25) is 14.3 Å². The standard InChI is InChI=1S/C19H20F5N5O2/c1-10(11-5-6-15(25-7-11)19(22,23)24)29-18(31)28-14(3-2-4-16(28)26-29)17(30)27-8-12(20)13(21)9-27/h5-7,10,12-14H,2-4,8-9H2,1H3. The summed E-state index contributed by atoms with van der Waals surface area (Å²) in [4.78, 5) is 30.4. The van der Waals surface area contributed by atoms with Gasteiger partial charge in [0, 0.05) is 12.6 Å². The second-order valence-corrected chi connectivity index (χ2v) is 7.85. The number of pyridine rings is 1. The third-order valence-electron chi connectivity index (χ3n) is 5.80. The Kier molecular flexibility index (Phi) is 5.34. The van der Waals surface area contributed by atoms with Crippen LogP contribution in [0.3, 0.4) is 0 Å². The van der Waals surface area contributed by atoms with Crippen LogP contribution in [0, 0.1) is 0 Å². The zero-order valence-electron chi connectivity index (χ0n) is 16.5. The van der Waals surface area contributed by atoms with Crippen LogP contribution in [0.4, 0.5) is 22.0 Å². The second kappa shape index (κ2) is 7.72. The Bertz CT molecular complexity index is 1020. The summed E-state index contributed by atoms with van der Waals surface area (Å²) >= 11 is 0. The highest BCUT2D eigenvalue weighted by Crippen LogP contribution is 2.30. The van der Waals surface area contributed by atoms with Crippen LogP contribution in [0.2, 0.25) is 0 Å². The average Bonchev–Trinajstić information content (AvgIpc) is 3.25. The Morgan fingerprint density at radius 3 is 2.45 bits per heavy atom. The van der Waals surface area contributed by atoms with Crippen molar-refractivity contribution in [3.8, 4) is 0 Å². The molecule has 168 valence electrons. The van der Waals surface area contributed by atoms with Gasteiger partial charge in [-0.15, -0.1) is 0 Å². The molecule has 12 heteroatoms. The summed E-state index contributed by atoms with van der Waals surface area (Å²) in [6.07, 6.45) is -5.72. The predicted octanol–water partition coefficient (Wildman–Crippen LogP) is 2.46. The molecule has 0 bridgehead atoms. The number of alkyl halides is 5. The maximum Gasteiger partial charge on any atom is 0.433 e. The molecular formula is C19H20F5N5O2. The van der Waals surface area contributed by atoms with E-state index < -0.39 is 47.9 Å². The number of amides is 1. The lowest BCUT2D eigenvalue weighted by Crippen LogP contribution is -2.42. The van der Waals surface area contributed by atoms with E-state index >= 15 is 0 Å². The fourth-order valence-corrected chi connectivity index (χ4v) is 4.06. The highest BCUT2D eigenvalue weighted by Gasteiger charge is 2.40. The Balaban J connectivity index is 1.63. The lowest BCUT2D eigenvalue weighted by Gasteiger charge is -2.26. The van der Waals surface area contributed by atoms with Crippen molar-refractivity contribution < 1.29 is 26.7 Å². The Morgan fingerprint density at radius 1 is 1.19 bits per heavy atom. The number of aromatic nitrogens is 4. The molecular weight excluding hydrogens is 425 g/mol. The minimum atomic E-state index is -4.58. The molecule has 0 N–H and O–H groups in total. The summed E-state index contributed by atoms with van der Waals surface area (Å²) in [5.41, 5.74) is -1.31. The summed E-state index contributed by atoms with van der Waals surface area (Å²) in [7, 11) is 0. The van der Waals surface area contributed by atoms with Gasteiger partial charge in [0.25, 0.3) is 0 Å². The highest BCUT2D eigenvalue weighted by atomic mass is 19.4. The number of halogens is 5. The minimum Gasteiger partial charge on any atom is -0.335 e. The number of carbonyl (C=O) groups excluding carboxylic acids is 1. The van der Waals surface area contributed by atoms with Gasteiger partial charge in [0.15, 0.2) is 12.3 Å². The Labute approximate surface area is 173 Å². The number of rotatable bonds is 3. The van der Waals surface area contributed by atoms with E-state index in [0.29, 0.717) is 30.7 Å². The van der Waals surface area contributed by atoms with Crippen LogP contribution in [0.25, 0.3) is 0 Å². The number of hydrogen-bond donors (Lipinski definition) is 0. The van der Waals surface area contributed by atoms with E-state index in [1.807, 2.05) is 0 Å². The van der Waals surface area contributed by atoms with Crippen LogP contribution in [0.1, 0.15) is 48.9 Å². The Morgan fingerprint density at radius 2 is 1.87 bits per heavy atom. The monoisotopic (exact) mass is 445 g/mol. The van der Waals surface area contributed by atoms with E-state index in [1.54, 1.807) is 6.92 Å². The van der Waals surface area contributed by atoms with Crippen molar-refractivity contribution in [3.05, 3.63) is 45.9 Å². The van der Waals surface area contributed by atoms with Crippen LogP contribution in [-0.4, -0.2) is 55.6 Å². The lowest BCUT2D eigenvalue weighted by atomic mass is 10.0. The molecule has 0 radical (unpaired) electrons. The minimum absolute atomic E-state index is 0.331. The first kappa shape index (κ1) is 21.4. The molecule has 4 heterocycles. The fourth-order valence-electron chi connectivity index (χ4n) is 4.06. The van der Waals surface area contributed by atoms with Gasteiger partial charge in [0.1, 0.15) is 17.6 Å². The van der Waals surface area contributed by atoms with Crippen molar-refractivity contribution in [2.24, 2.45) is 0 Å².